The van der Waals surface area contributed by atoms with Crippen LogP contribution < -0.4 is 5.32 Å². The van der Waals surface area contributed by atoms with E-state index < -0.39 is 24.0 Å². The summed E-state index contributed by atoms with van der Waals surface area (Å²) >= 11 is 1.24. The molecule has 7 heteroatoms. The monoisotopic (exact) mass is 362 g/mol. The Balaban J connectivity index is 2.70. The number of hydrogen-bond donors (Lipinski definition) is 1. The Bertz CT molecular complexity index is 697. The van der Waals surface area contributed by atoms with E-state index in [-0.39, 0.29) is 17.5 Å². The summed E-state index contributed by atoms with van der Waals surface area (Å²) in [5, 5.41) is 11.8. The second-order valence-electron chi connectivity index (χ2n) is 6.08. The van der Waals surface area contributed by atoms with Crippen LogP contribution in [0.1, 0.15) is 38.1 Å². The Kier molecular flexibility index (Phi) is 7.65. The molecule has 0 aliphatic carbocycles. The fourth-order valence-corrected chi connectivity index (χ4v) is 2.62. The first-order valence-electron chi connectivity index (χ1n) is 7.80. The van der Waals surface area contributed by atoms with E-state index in [0.717, 1.165) is 0 Å². The summed E-state index contributed by atoms with van der Waals surface area (Å²) in [6, 6.07) is 8.79. The number of nitrogens with one attached hydrogen (secondary N) is 1. The van der Waals surface area contributed by atoms with Gasteiger partial charge in [-0.05, 0) is 31.9 Å². The molecule has 0 unspecified atom stereocenters. The first-order chi connectivity index (χ1) is 11.7. The first-order valence-corrected chi connectivity index (χ1v) is 8.79. The smallest absolute Gasteiger partial charge is 0.339 e. The Morgan fingerprint density at radius 3 is 2.52 bits per heavy atom. The van der Waals surface area contributed by atoms with Gasteiger partial charge in [0, 0.05) is 4.90 Å². The highest BCUT2D eigenvalue weighted by molar-refractivity contribution is 8.00. The number of nitrogens with zero attached hydrogens (tertiary/aromatic N) is 1. The summed E-state index contributed by atoms with van der Waals surface area (Å²) in [7, 11) is 0. The maximum absolute atomic E-state index is 12.2. The lowest BCUT2D eigenvalue weighted by molar-refractivity contribution is -0.125. The van der Waals surface area contributed by atoms with Gasteiger partial charge in [-0.25, -0.2) is 4.79 Å². The predicted octanol–water partition coefficient (Wildman–Crippen LogP) is 2.58. The van der Waals surface area contributed by atoms with Crippen LogP contribution in [0.3, 0.4) is 0 Å². The van der Waals surface area contributed by atoms with Crippen molar-refractivity contribution in [2.75, 3.05) is 12.4 Å². The minimum atomic E-state index is -1.03. The van der Waals surface area contributed by atoms with Gasteiger partial charge in [0.25, 0.3) is 5.91 Å². The summed E-state index contributed by atoms with van der Waals surface area (Å²) in [5.41, 5.74) is -0.730. The van der Waals surface area contributed by atoms with Crippen LogP contribution in [0.2, 0.25) is 0 Å². The number of esters is 1. The van der Waals surface area contributed by atoms with Crippen LogP contribution in [0.4, 0.5) is 0 Å². The minimum absolute atomic E-state index is 0.00276. The van der Waals surface area contributed by atoms with E-state index in [0.29, 0.717) is 10.5 Å². The average Bonchev–Trinajstić information content (AvgIpc) is 2.57. The number of amides is 1. The normalized spacial score (nSPS) is 12.8. The lowest BCUT2D eigenvalue weighted by Gasteiger charge is -2.27. The van der Waals surface area contributed by atoms with E-state index in [1.807, 2.05) is 13.8 Å². The zero-order valence-electron chi connectivity index (χ0n) is 14.8. The van der Waals surface area contributed by atoms with Crippen molar-refractivity contribution in [1.82, 2.24) is 5.32 Å². The molecule has 1 aromatic rings. The Morgan fingerprint density at radius 1 is 1.32 bits per heavy atom. The second kappa shape index (κ2) is 9.23. The molecule has 0 radical (unpaired) electrons. The number of ketones is 1. The molecule has 0 fully saturated rings. The third kappa shape index (κ3) is 6.24. The molecule has 1 rings (SSSR count). The van der Waals surface area contributed by atoms with Gasteiger partial charge in [-0.3, -0.25) is 9.59 Å². The quantitative estimate of drug-likeness (QED) is 0.564. The Morgan fingerprint density at radius 2 is 1.96 bits per heavy atom. The summed E-state index contributed by atoms with van der Waals surface area (Å²) in [6.07, 6.45) is 0. The third-order valence-corrected chi connectivity index (χ3v) is 4.88. The fourth-order valence-electron chi connectivity index (χ4n) is 1.78. The lowest BCUT2D eigenvalue weighted by Crippen LogP contribution is -2.50. The number of Topliss-reactive ketones (excluding diaryl/α,β-unsaturated/α-hetero) is 1. The molecule has 134 valence electrons. The molecule has 0 aliphatic rings. The van der Waals surface area contributed by atoms with Gasteiger partial charge in [-0.2, -0.15) is 5.26 Å². The van der Waals surface area contributed by atoms with E-state index in [2.05, 4.69) is 11.4 Å². The van der Waals surface area contributed by atoms with E-state index in [4.69, 9.17) is 4.74 Å². The van der Waals surface area contributed by atoms with Crippen molar-refractivity contribution >= 4 is 29.4 Å². The maximum atomic E-state index is 12.2. The summed E-state index contributed by atoms with van der Waals surface area (Å²) < 4.78 is 5.05. The van der Waals surface area contributed by atoms with Crippen LogP contribution in [0.15, 0.2) is 29.2 Å². The molecule has 0 saturated heterocycles. The largest absolute Gasteiger partial charge is 0.452 e. The molecule has 1 N–H and O–H groups in total. The molecule has 6 nitrogen and oxygen atoms in total. The number of carbonyl (C=O) groups is 3. The number of nitriles is 1. The summed E-state index contributed by atoms with van der Waals surface area (Å²) in [4.78, 5) is 35.9. The molecule has 1 amide bonds. The maximum Gasteiger partial charge on any atom is 0.339 e. The molecular weight excluding hydrogens is 340 g/mol. The van der Waals surface area contributed by atoms with Crippen LogP contribution in [-0.4, -0.2) is 35.6 Å². The topological polar surface area (TPSA) is 96.3 Å². The fraction of sp³-hybridized carbons (Fsp3) is 0.444. The van der Waals surface area contributed by atoms with Crippen molar-refractivity contribution in [3.63, 3.8) is 0 Å². The SMILES string of the molecule is CC(=O)CSc1ccccc1C(=O)OCC(=O)N[C@](C)(C#N)C(C)C. The minimum Gasteiger partial charge on any atom is -0.452 e. The molecule has 0 aromatic heterocycles. The van der Waals surface area contributed by atoms with E-state index in [9.17, 15) is 19.6 Å². The van der Waals surface area contributed by atoms with E-state index in [1.54, 1.807) is 31.2 Å². The van der Waals surface area contributed by atoms with Crippen molar-refractivity contribution in [3.05, 3.63) is 29.8 Å². The zero-order valence-corrected chi connectivity index (χ0v) is 15.6. The van der Waals surface area contributed by atoms with Crippen LogP contribution in [0.5, 0.6) is 0 Å². The summed E-state index contributed by atoms with van der Waals surface area (Å²) in [5.74, 6) is -1.04. The number of carbonyl (C=O) groups excluding carboxylic acids is 3. The molecule has 25 heavy (non-hydrogen) atoms. The molecule has 1 aromatic carbocycles. The van der Waals surface area contributed by atoms with Gasteiger partial charge in [0.1, 0.15) is 11.3 Å². The second-order valence-corrected chi connectivity index (χ2v) is 7.10. The van der Waals surface area contributed by atoms with Gasteiger partial charge in [-0.1, -0.05) is 26.0 Å². The third-order valence-electron chi connectivity index (χ3n) is 3.66. The average molecular weight is 362 g/mol. The highest BCUT2D eigenvalue weighted by Gasteiger charge is 2.30. The van der Waals surface area contributed by atoms with Gasteiger partial charge >= 0.3 is 5.97 Å². The standard InChI is InChI=1S/C18H22N2O4S/c1-12(2)18(4,11-19)20-16(22)9-24-17(23)14-7-5-6-8-15(14)25-10-13(3)21/h5-8,12H,9-10H2,1-4H3,(H,20,22)/t18-/m1/s1. The number of ether oxygens (including phenoxy) is 1. The van der Waals surface area contributed by atoms with E-state index in [1.165, 1.54) is 18.7 Å². The highest BCUT2D eigenvalue weighted by Crippen LogP contribution is 2.23. The predicted molar refractivity (Wildman–Crippen MR) is 95.1 cm³/mol. The number of hydrogen-bond acceptors (Lipinski definition) is 6. The van der Waals surface area contributed by atoms with Gasteiger partial charge in [0.15, 0.2) is 6.61 Å². The molecule has 1 atom stereocenters. The van der Waals surface area contributed by atoms with Crippen molar-refractivity contribution in [1.29, 1.82) is 5.26 Å². The highest BCUT2D eigenvalue weighted by atomic mass is 32.2. The van der Waals surface area contributed by atoms with Crippen molar-refractivity contribution in [2.45, 2.75) is 38.1 Å². The molecule has 0 heterocycles. The van der Waals surface area contributed by atoms with Gasteiger partial charge in [0.05, 0.1) is 17.4 Å². The molecule has 0 bridgehead atoms. The van der Waals surface area contributed by atoms with Crippen LogP contribution in [-0.2, 0) is 14.3 Å². The molecule has 0 spiro atoms. The zero-order chi connectivity index (χ0) is 19.0. The van der Waals surface area contributed by atoms with Crippen molar-refractivity contribution in [2.24, 2.45) is 5.92 Å². The molecular formula is C18H22N2O4S. The molecule has 0 saturated carbocycles. The Labute approximate surface area is 151 Å². The van der Waals surface area contributed by atoms with Crippen LogP contribution in [0.25, 0.3) is 0 Å². The number of thioether (sulfide) groups is 1. The molecule has 0 aliphatic heterocycles. The van der Waals surface area contributed by atoms with Crippen molar-refractivity contribution < 1.29 is 19.1 Å². The Hall–Kier alpha value is -2.33. The number of benzene rings is 1. The van der Waals surface area contributed by atoms with Gasteiger partial charge in [-0.15, -0.1) is 11.8 Å². The number of rotatable bonds is 8. The first kappa shape index (κ1) is 20.7. The van der Waals surface area contributed by atoms with Crippen LogP contribution >= 0.6 is 11.8 Å². The van der Waals surface area contributed by atoms with Gasteiger partial charge in [0.2, 0.25) is 0 Å². The summed E-state index contributed by atoms with van der Waals surface area (Å²) in [6.45, 7) is 6.24. The van der Waals surface area contributed by atoms with E-state index >= 15 is 0 Å². The lowest BCUT2D eigenvalue weighted by atomic mass is 9.90. The van der Waals surface area contributed by atoms with Crippen molar-refractivity contribution in [3.8, 4) is 6.07 Å². The van der Waals surface area contributed by atoms with Crippen LogP contribution in [0, 0.1) is 17.2 Å². The van der Waals surface area contributed by atoms with Gasteiger partial charge < -0.3 is 10.1 Å².